The molecule has 0 atom stereocenters. The van der Waals surface area contributed by atoms with Crippen molar-refractivity contribution in [2.75, 3.05) is 0 Å². The van der Waals surface area contributed by atoms with E-state index in [0.29, 0.717) is 5.75 Å². The fraction of sp³-hybridized carbons (Fsp3) is 0.250. The zero-order chi connectivity index (χ0) is 8.32. The van der Waals surface area contributed by atoms with Gasteiger partial charge in [-0.05, 0) is 6.07 Å². The van der Waals surface area contributed by atoms with Crippen molar-refractivity contribution in [3.63, 3.8) is 0 Å². The highest BCUT2D eigenvalue weighted by atomic mass is 35.5. The molecule has 0 aliphatic carbocycles. The van der Waals surface area contributed by atoms with E-state index in [4.69, 9.17) is 27.9 Å². The topological polar surface area (TPSA) is 9.23 Å². The van der Waals surface area contributed by atoms with Crippen molar-refractivity contribution in [2.45, 2.75) is 11.4 Å². The first-order chi connectivity index (χ1) is 5.08. The Morgan fingerprint density at radius 3 is 2.64 bits per heavy atom. The maximum Gasteiger partial charge on any atom is 0.255 e. The standard InChI is InChI=1S/C8H7Cl2O/c1-8(9,10)11-7-5-3-2-4-6-7/h2-5H,1H3. The molecule has 0 unspecified atom stereocenters. The lowest BCUT2D eigenvalue weighted by Crippen LogP contribution is -2.15. The van der Waals surface area contributed by atoms with Gasteiger partial charge in [0.2, 0.25) is 0 Å². The minimum absolute atomic E-state index is 0.542. The van der Waals surface area contributed by atoms with Gasteiger partial charge >= 0.3 is 0 Å². The van der Waals surface area contributed by atoms with Crippen molar-refractivity contribution in [1.82, 2.24) is 0 Å². The minimum Gasteiger partial charge on any atom is -0.458 e. The molecule has 59 valence electrons. The lowest BCUT2D eigenvalue weighted by atomic mass is 10.3. The Morgan fingerprint density at radius 1 is 1.45 bits per heavy atom. The molecule has 11 heavy (non-hydrogen) atoms. The van der Waals surface area contributed by atoms with Gasteiger partial charge in [-0.2, -0.15) is 0 Å². The third-order valence-electron chi connectivity index (χ3n) is 0.970. The van der Waals surface area contributed by atoms with Crippen LogP contribution in [-0.4, -0.2) is 4.52 Å². The van der Waals surface area contributed by atoms with E-state index in [1.807, 2.05) is 12.1 Å². The number of para-hydroxylation sites is 1. The van der Waals surface area contributed by atoms with E-state index in [9.17, 15) is 0 Å². The summed E-state index contributed by atoms with van der Waals surface area (Å²) < 4.78 is 3.89. The molecule has 1 aromatic carbocycles. The summed E-state index contributed by atoms with van der Waals surface area (Å²) in [4.78, 5) is 0. The third-order valence-corrected chi connectivity index (χ3v) is 1.12. The minimum atomic E-state index is -1.18. The Balaban J connectivity index is 2.66. The van der Waals surface area contributed by atoms with Crippen molar-refractivity contribution < 1.29 is 4.74 Å². The summed E-state index contributed by atoms with van der Waals surface area (Å²) in [5, 5.41) is 0. The summed E-state index contributed by atoms with van der Waals surface area (Å²) in [7, 11) is 0. The molecule has 1 nitrogen and oxygen atoms in total. The second kappa shape index (κ2) is 3.33. The van der Waals surface area contributed by atoms with E-state index in [2.05, 4.69) is 6.07 Å². The van der Waals surface area contributed by atoms with Gasteiger partial charge < -0.3 is 4.74 Å². The van der Waals surface area contributed by atoms with Crippen molar-refractivity contribution in [3.05, 3.63) is 30.3 Å². The number of alkyl halides is 2. The predicted molar refractivity (Wildman–Crippen MR) is 46.0 cm³/mol. The van der Waals surface area contributed by atoms with Crippen LogP contribution in [0, 0.1) is 6.07 Å². The molecule has 0 N–H and O–H groups in total. The number of rotatable bonds is 2. The maximum atomic E-state index is 5.59. The van der Waals surface area contributed by atoms with Gasteiger partial charge in [0, 0.05) is 13.0 Å². The van der Waals surface area contributed by atoms with E-state index < -0.39 is 4.52 Å². The van der Waals surface area contributed by atoms with E-state index in [-0.39, 0.29) is 0 Å². The Bertz CT molecular complexity index is 215. The van der Waals surface area contributed by atoms with Crippen LogP contribution in [0.5, 0.6) is 5.75 Å². The molecular weight excluding hydrogens is 183 g/mol. The van der Waals surface area contributed by atoms with Crippen molar-refractivity contribution >= 4 is 23.2 Å². The SMILES string of the molecule is CC(Cl)(Cl)Oc1[c]cccc1. The highest BCUT2D eigenvalue weighted by Gasteiger charge is 2.17. The molecule has 0 saturated heterocycles. The fourth-order valence-corrected chi connectivity index (χ4v) is 0.800. The number of hydrogen-bond acceptors (Lipinski definition) is 1. The summed E-state index contributed by atoms with van der Waals surface area (Å²) in [6.07, 6.45) is 0. The predicted octanol–water partition coefficient (Wildman–Crippen LogP) is 3.02. The molecule has 1 rings (SSSR count). The van der Waals surface area contributed by atoms with E-state index in [0.717, 1.165) is 0 Å². The zero-order valence-corrected chi connectivity index (χ0v) is 7.49. The van der Waals surface area contributed by atoms with Crippen LogP contribution >= 0.6 is 23.2 Å². The normalized spacial score (nSPS) is 11.2. The number of hydrogen-bond donors (Lipinski definition) is 0. The fourth-order valence-electron chi connectivity index (χ4n) is 0.633. The third kappa shape index (κ3) is 3.49. The van der Waals surface area contributed by atoms with Crippen molar-refractivity contribution in [2.24, 2.45) is 0 Å². The molecule has 0 bridgehead atoms. The Labute approximate surface area is 75.9 Å². The number of ether oxygens (including phenoxy) is 1. The molecule has 1 aromatic rings. The second-order valence-electron chi connectivity index (χ2n) is 2.14. The number of benzene rings is 1. The molecule has 0 aromatic heterocycles. The lowest BCUT2D eigenvalue weighted by Gasteiger charge is -2.15. The van der Waals surface area contributed by atoms with E-state index in [1.54, 1.807) is 19.1 Å². The first kappa shape index (κ1) is 8.69. The van der Waals surface area contributed by atoms with Crippen molar-refractivity contribution in [3.8, 4) is 5.75 Å². The zero-order valence-electron chi connectivity index (χ0n) is 5.97. The molecule has 0 aliphatic heterocycles. The van der Waals surface area contributed by atoms with Crippen LogP contribution in [0.25, 0.3) is 0 Å². The van der Waals surface area contributed by atoms with Crippen LogP contribution in [0.3, 0.4) is 0 Å². The van der Waals surface area contributed by atoms with E-state index in [1.165, 1.54) is 0 Å². The lowest BCUT2D eigenvalue weighted by molar-refractivity contribution is 0.262. The van der Waals surface area contributed by atoms with Crippen LogP contribution in [0.1, 0.15) is 6.92 Å². The highest BCUT2D eigenvalue weighted by Crippen LogP contribution is 2.24. The van der Waals surface area contributed by atoms with E-state index >= 15 is 0 Å². The second-order valence-corrected chi connectivity index (χ2v) is 3.77. The Kier molecular flexibility index (Phi) is 2.63. The molecular formula is C8H7Cl2O. The van der Waals surface area contributed by atoms with Crippen LogP contribution in [-0.2, 0) is 0 Å². The van der Waals surface area contributed by atoms with Gasteiger partial charge in [0.05, 0.1) is 0 Å². The van der Waals surface area contributed by atoms with Crippen LogP contribution in [0.4, 0.5) is 0 Å². The molecule has 1 radical (unpaired) electrons. The summed E-state index contributed by atoms with van der Waals surface area (Å²) >= 11 is 11.2. The first-order valence-electron chi connectivity index (χ1n) is 3.11. The largest absolute Gasteiger partial charge is 0.458 e. The quantitative estimate of drug-likeness (QED) is 0.651. The first-order valence-corrected chi connectivity index (χ1v) is 3.87. The van der Waals surface area contributed by atoms with Gasteiger partial charge in [0.25, 0.3) is 4.52 Å². The maximum absolute atomic E-state index is 5.59. The Morgan fingerprint density at radius 2 is 2.18 bits per heavy atom. The highest BCUT2D eigenvalue weighted by molar-refractivity contribution is 6.47. The van der Waals surface area contributed by atoms with Gasteiger partial charge in [-0.1, -0.05) is 41.4 Å². The van der Waals surface area contributed by atoms with Gasteiger partial charge in [0.1, 0.15) is 5.75 Å². The molecule has 0 amide bonds. The van der Waals surface area contributed by atoms with Crippen LogP contribution in [0.15, 0.2) is 24.3 Å². The smallest absolute Gasteiger partial charge is 0.255 e. The van der Waals surface area contributed by atoms with Crippen LogP contribution < -0.4 is 4.74 Å². The average molecular weight is 190 g/mol. The monoisotopic (exact) mass is 189 g/mol. The van der Waals surface area contributed by atoms with Gasteiger partial charge in [-0.25, -0.2) is 0 Å². The average Bonchev–Trinajstić information content (AvgIpc) is 1.85. The van der Waals surface area contributed by atoms with Gasteiger partial charge in [0.15, 0.2) is 0 Å². The Hall–Kier alpha value is -0.400. The van der Waals surface area contributed by atoms with Gasteiger partial charge in [-0.3, -0.25) is 0 Å². The summed E-state index contributed by atoms with van der Waals surface area (Å²) in [6.45, 7) is 1.55. The molecule has 0 fully saturated rings. The van der Waals surface area contributed by atoms with Crippen molar-refractivity contribution in [1.29, 1.82) is 0 Å². The molecule has 0 aliphatic rings. The molecule has 0 heterocycles. The van der Waals surface area contributed by atoms with Gasteiger partial charge in [-0.15, -0.1) is 0 Å². The summed E-state index contributed by atoms with van der Waals surface area (Å²) in [6, 6.07) is 9.97. The molecule has 0 spiro atoms. The summed E-state index contributed by atoms with van der Waals surface area (Å²) in [5.41, 5.74) is 0. The molecule has 3 heteroatoms. The summed E-state index contributed by atoms with van der Waals surface area (Å²) in [5.74, 6) is 0.542. The molecule has 0 saturated carbocycles. The van der Waals surface area contributed by atoms with Crippen LogP contribution in [0.2, 0.25) is 0 Å². The number of halogens is 2.